The van der Waals surface area contributed by atoms with Gasteiger partial charge in [0, 0.05) is 54.5 Å². The largest absolute Gasteiger partial charge is 0.497 e. The first-order valence-corrected chi connectivity index (χ1v) is 13.3. The number of carbonyl (C=O) groups is 1. The highest BCUT2D eigenvalue weighted by molar-refractivity contribution is 5.81. The third-order valence-corrected chi connectivity index (χ3v) is 7.38. The first-order valence-electron chi connectivity index (χ1n) is 13.3. The number of fused-ring (bicyclic) bond motifs is 1. The lowest BCUT2D eigenvalue weighted by Crippen LogP contribution is -2.36. The second-order valence-electron chi connectivity index (χ2n) is 10.1. The Balaban J connectivity index is 1.37. The molecule has 212 valence electrons. The maximum Gasteiger partial charge on any atom is 0.294 e. The minimum absolute atomic E-state index is 0.0815. The van der Waals surface area contributed by atoms with Crippen LogP contribution in [0.4, 0.5) is 16.0 Å². The number of carbonyl (C=O) groups excluding carboxylic acids is 1. The Labute approximate surface area is 236 Å². The minimum Gasteiger partial charge on any atom is -0.497 e. The van der Waals surface area contributed by atoms with Crippen molar-refractivity contribution in [2.24, 2.45) is 0 Å². The fourth-order valence-electron chi connectivity index (χ4n) is 5.08. The van der Waals surface area contributed by atoms with Crippen LogP contribution < -0.4 is 26.7 Å². The summed E-state index contributed by atoms with van der Waals surface area (Å²) in [5, 5.41) is 6.03. The number of halogens is 1. The van der Waals surface area contributed by atoms with Crippen LogP contribution in [-0.2, 0) is 17.8 Å². The summed E-state index contributed by atoms with van der Waals surface area (Å²) in [5.74, 6) is -0.325. The zero-order chi connectivity index (χ0) is 29.1. The van der Waals surface area contributed by atoms with Crippen molar-refractivity contribution < 1.29 is 13.9 Å². The van der Waals surface area contributed by atoms with Crippen LogP contribution in [0.3, 0.4) is 0 Å². The smallest absolute Gasteiger partial charge is 0.294 e. The molecule has 0 unspecified atom stereocenters. The number of methoxy groups -OCH3 is 1. The molecule has 1 aromatic carbocycles. The highest BCUT2D eigenvalue weighted by atomic mass is 19.1. The summed E-state index contributed by atoms with van der Waals surface area (Å²) >= 11 is 0. The van der Waals surface area contributed by atoms with Crippen LogP contribution in [0.15, 0.2) is 59.7 Å². The molecule has 5 rings (SSSR count). The Kier molecular flexibility index (Phi) is 7.95. The van der Waals surface area contributed by atoms with Gasteiger partial charge in [0.05, 0.1) is 7.11 Å². The average Bonchev–Trinajstić information content (AvgIpc) is 3.40. The van der Waals surface area contributed by atoms with Gasteiger partial charge in [0.25, 0.3) is 5.56 Å². The second kappa shape index (κ2) is 11.7. The molecule has 1 amide bonds. The molecule has 10 nitrogen and oxygen atoms in total. The predicted octanol–water partition coefficient (Wildman–Crippen LogP) is 3.43. The van der Waals surface area contributed by atoms with Gasteiger partial charge in [-0.05, 0) is 61.6 Å². The fourth-order valence-corrected chi connectivity index (χ4v) is 5.08. The summed E-state index contributed by atoms with van der Waals surface area (Å²) in [6.45, 7) is 4.18. The molecule has 0 aliphatic carbocycles. The maximum atomic E-state index is 15.1. The zero-order valence-electron chi connectivity index (χ0n) is 23.1. The van der Waals surface area contributed by atoms with Crippen LogP contribution in [0, 0.1) is 19.7 Å². The fraction of sp³-hybridized carbons (Fsp3) is 0.300. The van der Waals surface area contributed by atoms with Crippen molar-refractivity contribution in [1.82, 2.24) is 24.8 Å². The minimum atomic E-state index is -0.670. The summed E-state index contributed by atoms with van der Waals surface area (Å²) in [7, 11) is 1.48. The number of rotatable bonds is 9. The first kappa shape index (κ1) is 27.8. The van der Waals surface area contributed by atoms with Gasteiger partial charge in [-0.3, -0.25) is 19.1 Å². The average molecular weight is 558 g/mol. The van der Waals surface area contributed by atoms with Gasteiger partial charge in [0.1, 0.15) is 23.4 Å². The molecule has 0 spiro atoms. The van der Waals surface area contributed by atoms with E-state index in [4.69, 9.17) is 10.5 Å². The summed E-state index contributed by atoms with van der Waals surface area (Å²) in [6.07, 6.45) is 4.36. The number of hydrogen-bond donors (Lipinski definition) is 3. The summed E-state index contributed by atoms with van der Waals surface area (Å²) in [5.41, 5.74) is 9.59. The van der Waals surface area contributed by atoms with Gasteiger partial charge >= 0.3 is 0 Å². The third kappa shape index (κ3) is 5.88. The van der Waals surface area contributed by atoms with Crippen LogP contribution in [0.25, 0.3) is 0 Å². The molecule has 0 saturated heterocycles. The number of pyridine rings is 2. The highest BCUT2D eigenvalue weighted by Gasteiger charge is 2.31. The number of nitrogens with one attached hydrogen (secondary N) is 2. The van der Waals surface area contributed by atoms with Crippen molar-refractivity contribution in [2.45, 2.75) is 45.2 Å². The lowest BCUT2D eigenvalue weighted by Gasteiger charge is -2.20. The molecule has 4 aromatic rings. The van der Waals surface area contributed by atoms with Gasteiger partial charge in [-0.2, -0.15) is 0 Å². The Morgan fingerprint density at radius 1 is 1.17 bits per heavy atom. The molecule has 3 aromatic heterocycles. The van der Waals surface area contributed by atoms with Gasteiger partial charge in [0.15, 0.2) is 5.82 Å². The number of nitrogens with two attached hydrogens (primary N) is 1. The Hall–Kier alpha value is -4.80. The monoisotopic (exact) mass is 557 g/mol. The van der Waals surface area contributed by atoms with E-state index in [9.17, 15) is 9.59 Å². The van der Waals surface area contributed by atoms with E-state index in [2.05, 4.69) is 25.6 Å². The van der Waals surface area contributed by atoms with Crippen LogP contribution in [0.1, 0.15) is 52.2 Å². The third-order valence-electron chi connectivity index (χ3n) is 7.38. The maximum absolute atomic E-state index is 15.1. The number of anilines is 2. The molecular formula is C30H32FN7O3. The molecule has 0 bridgehead atoms. The van der Waals surface area contributed by atoms with E-state index in [0.29, 0.717) is 41.4 Å². The van der Waals surface area contributed by atoms with E-state index in [0.717, 1.165) is 16.8 Å². The second-order valence-corrected chi connectivity index (χ2v) is 10.1. The van der Waals surface area contributed by atoms with Crippen molar-refractivity contribution in [2.75, 3.05) is 24.7 Å². The van der Waals surface area contributed by atoms with Crippen LogP contribution in [0.5, 0.6) is 5.75 Å². The van der Waals surface area contributed by atoms with E-state index in [-0.39, 0.29) is 24.8 Å². The number of aromatic nitrogens is 4. The van der Waals surface area contributed by atoms with Gasteiger partial charge in [-0.25, -0.2) is 14.4 Å². The van der Waals surface area contributed by atoms with Gasteiger partial charge in [-0.1, -0.05) is 18.2 Å². The van der Waals surface area contributed by atoms with Gasteiger partial charge < -0.3 is 21.1 Å². The number of nitrogens with zero attached hydrogens (tertiary/aromatic N) is 4. The number of ether oxygens (including phenoxy) is 1. The number of aryl methyl sites for hydroxylation is 3. The molecule has 1 aliphatic rings. The molecular weight excluding hydrogens is 525 g/mol. The van der Waals surface area contributed by atoms with E-state index in [1.807, 2.05) is 32.0 Å². The number of hydrogen-bond acceptors (Lipinski definition) is 8. The van der Waals surface area contributed by atoms with Crippen molar-refractivity contribution in [3.63, 3.8) is 0 Å². The Bertz CT molecular complexity index is 1640. The van der Waals surface area contributed by atoms with Crippen LogP contribution in [-0.4, -0.2) is 39.1 Å². The lowest BCUT2D eigenvalue weighted by molar-refractivity contribution is -0.124. The van der Waals surface area contributed by atoms with Crippen LogP contribution >= 0.6 is 0 Å². The topological polar surface area (TPSA) is 137 Å². The molecule has 2 atom stereocenters. The molecule has 11 heteroatoms. The first-order chi connectivity index (χ1) is 19.7. The van der Waals surface area contributed by atoms with Crippen molar-refractivity contribution >= 4 is 17.5 Å². The van der Waals surface area contributed by atoms with E-state index in [1.54, 1.807) is 30.6 Å². The molecule has 4 heterocycles. The van der Waals surface area contributed by atoms with Crippen molar-refractivity contribution in [1.29, 1.82) is 0 Å². The molecule has 0 saturated carbocycles. The zero-order valence-corrected chi connectivity index (χ0v) is 23.1. The Morgan fingerprint density at radius 2 is 2.00 bits per heavy atom. The quantitative estimate of drug-likeness (QED) is 0.285. The normalized spacial score (nSPS) is 14.8. The number of amides is 1. The molecule has 0 radical (unpaired) electrons. The summed E-state index contributed by atoms with van der Waals surface area (Å²) in [6, 6.07) is 11.3. The molecule has 41 heavy (non-hydrogen) atoms. The summed E-state index contributed by atoms with van der Waals surface area (Å²) < 4.78 is 21.8. The van der Waals surface area contributed by atoms with E-state index >= 15 is 4.39 Å². The molecule has 0 fully saturated rings. The lowest BCUT2D eigenvalue weighted by atomic mass is 9.94. The molecule has 4 N–H and O–H groups in total. The number of benzene rings is 1. The summed E-state index contributed by atoms with van der Waals surface area (Å²) in [4.78, 5) is 39.8. The van der Waals surface area contributed by atoms with Crippen LogP contribution in [0.2, 0.25) is 0 Å². The number of nitrogen functional groups attached to an aromatic ring is 1. The standard InChI is InChI=1S/C30H32FN7O3/c1-17-4-9-25(33-13-17)23(22-8-7-21(41-3)12-24(22)31)16-35-28-30(40)38-20(15-34-28)6-10-26(38)29(39)36-14-19-5-11-27(32)37-18(19)2/h4-5,7-9,11-13,15,23,26H,6,10,14,16H2,1-3H3,(H2,32,37)(H,34,35)(H,36,39)/t23-,26+/m1/s1. The Morgan fingerprint density at radius 3 is 2.71 bits per heavy atom. The van der Waals surface area contributed by atoms with Gasteiger partial charge in [0.2, 0.25) is 5.91 Å². The van der Waals surface area contributed by atoms with Crippen molar-refractivity contribution in [3.05, 3.63) is 105 Å². The van der Waals surface area contributed by atoms with Gasteiger partial charge in [-0.15, -0.1) is 0 Å². The van der Waals surface area contributed by atoms with E-state index < -0.39 is 23.3 Å². The van der Waals surface area contributed by atoms with E-state index in [1.165, 1.54) is 17.7 Å². The SMILES string of the molecule is COc1ccc([C@@H](CNc2ncc3n(c2=O)[C@H](C(=O)NCc2ccc(N)nc2C)CC3)c2ccc(C)cn2)c(F)c1. The predicted molar refractivity (Wildman–Crippen MR) is 153 cm³/mol. The van der Waals surface area contributed by atoms with Crippen molar-refractivity contribution in [3.8, 4) is 5.75 Å². The molecule has 1 aliphatic heterocycles. The highest BCUT2D eigenvalue weighted by Crippen LogP contribution is 2.29.